The highest BCUT2D eigenvalue weighted by atomic mass is 31.2. The number of rotatable bonds is 55. The van der Waals surface area contributed by atoms with Crippen molar-refractivity contribution < 1.29 is 42.1 Å². The van der Waals surface area contributed by atoms with Gasteiger partial charge in [-0.05, 0) is 89.9 Å². The molecule has 0 aliphatic rings. The summed E-state index contributed by atoms with van der Waals surface area (Å²) in [6.45, 7) is 4.24. The minimum absolute atomic E-state index is 0.0290. The van der Waals surface area contributed by atoms with E-state index in [1.54, 1.807) is 0 Å². The minimum atomic E-state index is -4.38. The average molecular weight is 1070 g/mol. The monoisotopic (exact) mass is 1070 g/mol. The Balaban J connectivity index is 3.89. The lowest BCUT2D eigenvalue weighted by molar-refractivity contribution is -0.870. The number of nitrogens with zero attached hydrogens (tertiary/aromatic N) is 1. The maximum atomic E-state index is 12.8. The lowest BCUT2D eigenvalue weighted by Gasteiger charge is -2.24. The van der Waals surface area contributed by atoms with Crippen molar-refractivity contribution in [1.29, 1.82) is 0 Å². The Morgan fingerprint density at radius 1 is 0.427 bits per heavy atom. The first-order valence-corrected chi connectivity index (χ1v) is 32.0. The third-order valence-corrected chi connectivity index (χ3v) is 13.8. The highest BCUT2D eigenvalue weighted by Crippen LogP contribution is 2.43. The number of carbonyl (C=O) groups excluding carboxylic acids is 2. The van der Waals surface area contributed by atoms with Gasteiger partial charge in [0, 0.05) is 12.8 Å². The van der Waals surface area contributed by atoms with Crippen molar-refractivity contribution in [3.05, 3.63) is 97.2 Å². The molecule has 0 saturated carbocycles. The van der Waals surface area contributed by atoms with Crippen molar-refractivity contribution in [3.63, 3.8) is 0 Å². The maximum absolute atomic E-state index is 12.8. The molecule has 9 nitrogen and oxygen atoms in total. The second-order valence-electron chi connectivity index (χ2n) is 21.4. The molecule has 0 aromatic heterocycles. The molecule has 0 bridgehead atoms. The molecule has 1 N–H and O–H groups in total. The largest absolute Gasteiger partial charge is 0.472 e. The van der Waals surface area contributed by atoms with Gasteiger partial charge in [-0.1, -0.05) is 246 Å². The predicted molar refractivity (Wildman–Crippen MR) is 321 cm³/mol. The molecule has 0 spiro atoms. The van der Waals surface area contributed by atoms with E-state index in [0.717, 1.165) is 103 Å². The molecule has 0 aromatic rings. The standard InChI is InChI=1S/C65H114NO8P/c1-6-8-10-12-14-16-18-19-20-21-22-23-24-25-26-27-28-29-30-31-32-33-34-35-36-37-38-39-40-41-42-43-44-45-46-47-48-50-52-54-56-58-65(68)74-63(62-73-75(69,70)72-60-59-66(3,4)5)61-71-64(67)57-55-53-51-49-17-15-13-11-9-7-2/h8,10-11,13-14,16,19-20,22-23,25-26,28-29,31-32,63H,6-7,9,12,15,17-18,21,24,27,30,33-62H2,1-5H3/p+1/b10-8-,13-11-,16-14-,20-19-,23-22-,26-25-,29-28-,32-31-. The summed E-state index contributed by atoms with van der Waals surface area (Å²) in [4.78, 5) is 35.5. The van der Waals surface area contributed by atoms with Crippen LogP contribution in [0.5, 0.6) is 0 Å². The highest BCUT2D eigenvalue weighted by molar-refractivity contribution is 7.47. The van der Waals surface area contributed by atoms with E-state index >= 15 is 0 Å². The van der Waals surface area contributed by atoms with E-state index in [2.05, 4.69) is 111 Å². The first kappa shape index (κ1) is 71.9. The number of quaternary nitrogens is 1. The van der Waals surface area contributed by atoms with Gasteiger partial charge in [-0.15, -0.1) is 0 Å². The van der Waals surface area contributed by atoms with Crippen LogP contribution in [0.15, 0.2) is 97.2 Å². The molecule has 0 heterocycles. The van der Waals surface area contributed by atoms with E-state index in [-0.39, 0.29) is 32.0 Å². The second kappa shape index (κ2) is 55.7. The quantitative estimate of drug-likeness (QED) is 0.0211. The summed E-state index contributed by atoms with van der Waals surface area (Å²) in [6, 6.07) is 0. The van der Waals surface area contributed by atoms with Crippen LogP contribution in [0.3, 0.4) is 0 Å². The van der Waals surface area contributed by atoms with Gasteiger partial charge in [0.05, 0.1) is 27.7 Å². The number of hydrogen-bond donors (Lipinski definition) is 1. The molecular formula is C65H115NO8P+. The molecule has 0 aromatic carbocycles. The van der Waals surface area contributed by atoms with Crippen LogP contribution < -0.4 is 0 Å². The van der Waals surface area contributed by atoms with Crippen LogP contribution in [0.4, 0.5) is 0 Å². The van der Waals surface area contributed by atoms with Gasteiger partial charge in [-0.2, -0.15) is 0 Å². The zero-order chi connectivity index (χ0) is 54.9. The van der Waals surface area contributed by atoms with Gasteiger partial charge in [0.15, 0.2) is 6.10 Å². The number of hydrogen-bond acceptors (Lipinski definition) is 7. The molecule has 2 unspecified atom stereocenters. The Kier molecular flexibility index (Phi) is 53.4. The van der Waals surface area contributed by atoms with Crippen LogP contribution in [0.2, 0.25) is 0 Å². The van der Waals surface area contributed by atoms with Gasteiger partial charge in [-0.25, -0.2) is 4.57 Å². The van der Waals surface area contributed by atoms with Gasteiger partial charge >= 0.3 is 19.8 Å². The van der Waals surface area contributed by atoms with Crippen LogP contribution in [0.25, 0.3) is 0 Å². The first-order valence-electron chi connectivity index (χ1n) is 30.5. The highest BCUT2D eigenvalue weighted by Gasteiger charge is 2.27. The van der Waals surface area contributed by atoms with E-state index in [1.807, 2.05) is 21.1 Å². The number of likely N-dealkylation sites (N-methyl/N-ethyl adjacent to an activating group) is 1. The third kappa shape index (κ3) is 60.0. The van der Waals surface area contributed by atoms with Gasteiger partial charge in [0.2, 0.25) is 0 Å². The fourth-order valence-corrected chi connectivity index (χ4v) is 8.92. The molecule has 0 rings (SSSR count). The van der Waals surface area contributed by atoms with Crippen molar-refractivity contribution in [1.82, 2.24) is 0 Å². The van der Waals surface area contributed by atoms with Gasteiger partial charge in [0.1, 0.15) is 19.8 Å². The topological polar surface area (TPSA) is 108 Å². The molecule has 0 aliphatic carbocycles. The Morgan fingerprint density at radius 3 is 1.15 bits per heavy atom. The van der Waals surface area contributed by atoms with E-state index in [1.165, 1.54) is 116 Å². The molecule has 2 atom stereocenters. The number of ether oxygens (including phenoxy) is 2. The smallest absolute Gasteiger partial charge is 0.462 e. The second-order valence-corrected chi connectivity index (χ2v) is 22.8. The molecular weight excluding hydrogens is 954 g/mol. The fraction of sp³-hybridized carbons (Fsp3) is 0.723. The number of phosphoric acid groups is 1. The van der Waals surface area contributed by atoms with Crippen molar-refractivity contribution in [2.24, 2.45) is 0 Å². The molecule has 0 saturated heterocycles. The molecule has 0 fully saturated rings. The summed E-state index contributed by atoms with van der Waals surface area (Å²) in [5, 5.41) is 0. The number of allylic oxidation sites excluding steroid dienone is 16. The molecule has 75 heavy (non-hydrogen) atoms. The number of phosphoric ester groups is 1. The molecule has 0 aliphatic heterocycles. The molecule has 10 heteroatoms. The lowest BCUT2D eigenvalue weighted by Crippen LogP contribution is -2.37. The Labute approximate surface area is 462 Å². The van der Waals surface area contributed by atoms with Crippen molar-refractivity contribution in [2.75, 3.05) is 47.5 Å². The van der Waals surface area contributed by atoms with Crippen LogP contribution in [0, 0.1) is 0 Å². The Hall–Kier alpha value is -3.07. The zero-order valence-corrected chi connectivity index (χ0v) is 49.9. The summed E-state index contributed by atoms with van der Waals surface area (Å²) in [5.74, 6) is -0.807. The summed E-state index contributed by atoms with van der Waals surface area (Å²) in [6.07, 6.45) is 76.6. The van der Waals surface area contributed by atoms with Crippen molar-refractivity contribution in [3.8, 4) is 0 Å². The number of carbonyl (C=O) groups is 2. The van der Waals surface area contributed by atoms with E-state index < -0.39 is 26.5 Å². The first-order chi connectivity index (χ1) is 36.5. The third-order valence-electron chi connectivity index (χ3n) is 12.8. The van der Waals surface area contributed by atoms with E-state index in [9.17, 15) is 19.0 Å². The van der Waals surface area contributed by atoms with Crippen LogP contribution in [0.1, 0.15) is 251 Å². The number of esters is 2. The van der Waals surface area contributed by atoms with E-state index in [0.29, 0.717) is 17.4 Å². The van der Waals surface area contributed by atoms with Crippen LogP contribution >= 0.6 is 7.82 Å². The van der Waals surface area contributed by atoms with Crippen molar-refractivity contribution in [2.45, 2.75) is 258 Å². The molecule has 432 valence electrons. The normalized spacial score (nSPS) is 13.9. The maximum Gasteiger partial charge on any atom is 0.472 e. The minimum Gasteiger partial charge on any atom is -0.462 e. The summed E-state index contributed by atoms with van der Waals surface area (Å²) < 4.78 is 34.4. The fourth-order valence-electron chi connectivity index (χ4n) is 8.18. The van der Waals surface area contributed by atoms with Crippen LogP contribution in [-0.2, 0) is 32.7 Å². The van der Waals surface area contributed by atoms with Crippen molar-refractivity contribution >= 4 is 19.8 Å². The van der Waals surface area contributed by atoms with Crippen LogP contribution in [-0.4, -0.2) is 74.9 Å². The Morgan fingerprint density at radius 2 is 0.760 bits per heavy atom. The molecule has 0 amide bonds. The molecule has 0 radical (unpaired) electrons. The summed E-state index contributed by atoms with van der Waals surface area (Å²) in [5.41, 5.74) is 0. The SMILES string of the molecule is CC/C=C\C/C=C\C/C=C\C/C=C\C/C=C\C/C=C\C/C=C\CCCCCCCCCCCCCCCCCCCCCC(=O)OC(COC(=O)CCCCCCC/C=C\CCC)COP(=O)(O)OCC[N+](C)(C)C. The summed E-state index contributed by atoms with van der Waals surface area (Å²) >= 11 is 0. The average Bonchev–Trinajstić information content (AvgIpc) is 3.37. The zero-order valence-electron chi connectivity index (χ0n) is 49.0. The summed E-state index contributed by atoms with van der Waals surface area (Å²) in [7, 11) is 1.47. The lowest BCUT2D eigenvalue weighted by atomic mass is 10.0. The Bertz CT molecular complexity index is 1590. The van der Waals surface area contributed by atoms with Gasteiger partial charge in [0.25, 0.3) is 0 Å². The van der Waals surface area contributed by atoms with E-state index in [4.69, 9.17) is 18.5 Å². The number of unbranched alkanes of at least 4 members (excludes halogenated alkanes) is 25. The van der Waals surface area contributed by atoms with Gasteiger partial charge < -0.3 is 18.9 Å². The predicted octanol–water partition coefficient (Wildman–Crippen LogP) is 19.2. The van der Waals surface area contributed by atoms with Gasteiger partial charge in [-0.3, -0.25) is 18.6 Å².